The Morgan fingerprint density at radius 1 is 1.09 bits per heavy atom. The van der Waals surface area contributed by atoms with Crippen molar-refractivity contribution in [2.24, 2.45) is 0 Å². The summed E-state index contributed by atoms with van der Waals surface area (Å²) in [5.74, 6) is 0.0415. The minimum atomic E-state index is -3.45. The molecular weight excluding hydrogens is 314 g/mol. The average molecular weight is 339 g/mol. The zero-order chi connectivity index (χ0) is 17.2. The number of aryl methyl sites for hydroxylation is 1. The van der Waals surface area contributed by atoms with Gasteiger partial charge in [-0.05, 0) is 26.0 Å². The number of sulfonamides is 1. The summed E-state index contributed by atoms with van der Waals surface area (Å²) in [6.07, 6.45) is 0. The first-order valence-corrected chi connectivity index (χ1v) is 9.19. The lowest BCUT2D eigenvalue weighted by Gasteiger charge is -2.37. The van der Waals surface area contributed by atoms with Crippen molar-refractivity contribution >= 4 is 15.9 Å². The monoisotopic (exact) mass is 339 g/mol. The molecule has 0 saturated carbocycles. The average Bonchev–Trinajstić information content (AvgIpc) is 2.54. The lowest BCUT2D eigenvalue weighted by molar-refractivity contribution is -0.134. The van der Waals surface area contributed by atoms with Crippen molar-refractivity contribution in [2.45, 2.75) is 24.8 Å². The van der Waals surface area contributed by atoms with E-state index in [1.165, 1.54) is 4.31 Å². The minimum absolute atomic E-state index is 0.0415. The van der Waals surface area contributed by atoms with E-state index in [4.69, 9.17) is 0 Å². The maximum Gasteiger partial charge on any atom is 0.243 e. The molecule has 1 aromatic rings. The Kier molecular flexibility index (Phi) is 5.44. The van der Waals surface area contributed by atoms with Crippen LogP contribution in [0, 0.1) is 6.92 Å². The fourth-order valence-corrected chi connectivity index (χ4v) is 4.14. The summed E-state index contributed by atoms with van der Waals surface area (Å²) in [6.45, 7) is 5.73. The van der Waals surface area contributed by atoms with Crippen LogP contribution in [0.5, 0.6) is 0 Å². The SMILES string of the molecule is Cc1ccc(S(=O)(=O)N2CCN([C@@H](C)C(=O)N(C)C)CC2)cc1. The highest BCUT2D eigenvalue weighted by Crippen LogP contribution is 2.19. The first-order valence-electron chi connectivity index (χ1n) is 7.75. The van der Waals surface area contributed by atoms with E-state index in [2.05, 4.69) is 0 Å². The Morgan fingerprint density at radius 3 is 2.09 bits per heavy atom. The zero-order valence-electron chi connectivity index (χ0n) is 14.2. The van der Waals surface area contributed by atoms with Crippen LogP contribution in [0.15, 0.2) is 29.2 Å². The van der Waals surface area contributed by atoms with E-state index in [-0.39, 0.29) is 11.9 Å². The van der Waals surface area contributed by atoms with Gasteiger partial charge in [-0.15, -0.1) is 0 Å². The number of carbonyl (C=O) groups excluding carboxylic acids is 1. The van der Waals surface area contributed by atoms with E-state index < -0.39 is 10.0 Å². The predicted octanol–water partition coefficient (Wildman–Crippen LogP) is 0.778. The molecule has 7 heteroatoms. The number of amides is 1. The van der Waals surface area contributed by atoms with E-state index in [0.29, 0.717) is 31.1 Å². The second-order valence-electron chi connectivity index (χ2n) is 6.16. The molecule has 1 atom stereocenters. The maximum absolute atomic E-state index is 12.6. The Morgan fingerprint density at radius 2 is 1.61 bits per heavy atom. The van der Waals surface area contributed by atoms with Gasteiger partial charge in [0.15, 0.2) is 0 Å². The fourth-order valence-electron chi connectivity index (χ4n) is 2.72. The molecule has 6 nitrogen and oxygen atoms in total. The third-order valence-electron chi connectivity index (χ3n) is 4.28. The second-order valence-corrected chi connectivity index (χ2v) is 8.10. The standard InChI is InChI=1S/C16H25N3O3S/c1-13-5-7-15(8-6-13)23(21,22)19-11-9-18(10-12-19)14(2)16(20)17(3)4/h5-8,14H,9-12H2,1-4H3/t14-/m0/s1. The number of hydrogen-bond acceptors (Lipinski definition) is 4. The minimum Gasteiger partial charge on any atom is -0.347 e. The smallest absolute Gasteiger partial charge is 0.243 e. The van der Waals surface area contributed by atoms with E-state index in [0.717, 1.165) is 5.56 Å². The van der Waals surface area contributed by atoms with Crippen LogP contribution >= 0.6 is 0 Å². The van der Waals surface area contributed by atoms with Crippen LogP contribution in [0.25, 0.3) is 0 Å². The van der Waals surface area contributed by atoms with Crippen LogP contribution in [0.1, 0.15) is 12.5 Å². The number of nitrogens with zero attached hydrogens (tertiary/aromatic N) is 3. The molecule has 2 rings (SSSR count). The lowest BCUT2D eigenvalue weighted by atomic mass is 10.2. The van der Waals surface area contributed by atoms with Crippen LogP contribution in [0.2, 0.25) is 0 Å². The number of benzene rings is 1. The molecule has 23 heavy (non-hydrogen) atoms. The summed E-state index contributed by atoms with van der Waals surface area (Å²) in [4.78, 5) is 16.0. The van der Waals surface area contributed by atoms with Crippen molar-refractivity contribution in [3.63, 3.8) is 0 Å². The topological polar surface area (TPSA) is 60.9 Å². The van der Waals surface area contributed by atoms with Gasteiger partial charge >= 0.3 is 0 Å². The molecule has 0 aromatic heterocycles. The van der Waals surface area contributed by atoms with Gasteiger partial charge in [-0.25, -0.2) is 8.42 Å². The number of rotatable bonds is 4. The molecule has 1 aliphatic rings. The highest BCUT2D eigenvalue weighted by molar-refractivity contribution is 7.89. The summed E-state index contributed by atoms with van der Waals surface area (Å²) >= 11 is 0. The molecular formula is C16H25N3O3S. The molecule has 128 valence electrons. The third kappa shape index (κ3) is 3.91. The van der Waals surface area contributed by atoms with Crippen molar-refractivity contribution in [1.29, 1.82) is 0 Å². The highest BCUT2D eigenvalue weighted by Gasteiger charge is 2.32. The van der Waals surface area contributed by atoms with Crippen molar-refractivity contribution < 1.29 is 13.2 Å². The summed E-state index contributed by atoms with van der Waals surface area (Å²) in [7, 11) is 0.0130. The van der Waals surface area contributed by atoms with Crippen molar-refractivity contribution in [3.8, 4) is 0 Å². The Hall–Kier alpha value is -1.44. The number of piperazine rings is 1. The predicted molar refractivity (Wildman–Crippen MR) is 89.7 cm³/mol. The first kappa shape index (κ1) is 17.9. The van der Waals surface area contributed by atoms with Gasteiger partial charge in [0.2, 0.25) is 15.9 Å². The summed E-state index contributed by atoms with van der Waals surface area (Å²) in [6, 6.07) is 6.68. The molecule has 0 aliphatic carbocycles. The molecule has 0 bridgehead atoms. The van der Waals surface area contributed by atoms with Crippen LogP contribution in [0.4, 0.5) is 0 Å². The largest absolute Gasteiger partial charge is 0.347 e. The number of carbonyl (C=O) groups is 1. The number of likely N-dealkylation sites (N-methyl/N-ethyl adjacent to an activating group) is 1. The summed E-state index contributed by atoms with van der Waals surface area (Å²) in [5.41, 5.74) is 1.03. The molecule has 0 unspecified atom stereocenters. The van der Waals surface area contributed by atoms with E-state index in [1.54, 1.807) is 43.3 Å². The summed E-state index contributed by atoms with van der Waals surface area (Å²) < 4.78 is 26.8. The molecule has 1 heterocycles. The quantitative estimate of drug-likeness (QED) is 0.813. The van der Waals surface area contributed by atoms with Crippen molar-refractivity contribution in [2.75, 3.05) is 40.3 Å². The fraction of sp³-hybridized carbons (Fsp3) is 0.562. The van der Waals surface area contributed by atoms with Crippen LogP contribution in [-0.2, 0) is 14.8 Å². The molecule has 1 aliphatic heterocycles. The number of hydrogen-bond donors (Lipinski definition) is 0. The molecule has 1 saturated heterocycles. The molecule has 1 amide bonds. The van der Waals surface area contributed by atoms with Gasteiger partial charge in [-0.3, -0.25) is 9.69 Å². The first-order chi connectivity index (χ1) is 10.7. The molecule has 1 fully saturated rings. The maximum atomic E-state index is 12.6. The second kappa shape index (κ2) is 6.98. The van der Waals surface area contributed by atoms with E-state index in [1.807, 2.05) is 18.7 Å². The van der Waals surface area contributed by atoms with Gasteiger partial charge in [0, 0.05) is 40.3 Å². The van der Waals surface area contributed by atoms with Crippen molar-refractivity contribution in [3.05, 3.63) is 29.8 Å². The highest BCUT2D eigenvalue weighted by atomic mass is 32.2. The van der Waals surface area contributed by atoms with Gasteiger partial charge in [0.1, 0.15) is 0 Å². The zero-order valence-corrected chi connectivity index (χ0v) is 15.0. The van der Waals surface area contributed by atoms with Gasteiger partial charge < -0.3 is 4.90 Å². The van der Waals surface area contributed by atoms with Gasteiger partial charge in [-0.2, -0.15) is 4.31 Å². The molecule has 0 spiro atoms. The Labute approximate surface area is 138 Å². The van der Waals surface area contributed by atoms with Crippen LogP contribution in [0.3, 0.4) is 0 Å². The van der Waals surface area contributed by atoms with Crippen molar-refractivity contribution in [1.82, 2.24) is 14.1 Å². The molecule has 1 aromatic carbocycles. The van der Waals surface area contributed by atoms with Crippen LogP contribution < -0.4 is 0 Å². The van der Waals surface area contributed by atoms with Crippen LogP contribution in [-0.4, -0.2) is 74.7 Å². The lowest BCUT2D eigenvalue weighted by Crippen LogP contribution is -2.54. The molecule has 0 N–H and O–H groups in total. The Bertz CT molecular complexity index is 648. The van der Waals surface area contributed by atoms with E-state index >= 15 is 0 Å². The Balaban J connectivity index is 2.04. The van der Waals surface area contributed by atoms with Gasteiger partial charge in [0.05, 0.1) is 10.9 Å². The van der Waals surface area contributed by atoms with Gasteiger partial charge in [-0.1, -0.05) is 17.7 Å². The van der Waals surface area contributed by atoms with Gasteiger partial charge in [0.25, 0.3) is 0 Å². The van der Waals surface area contributed by atoms with E-state index in [9.17, 15) is 13.2 Å². The normalized spacial score (nSPS) is 18.6. The molecule has 0 radical (unpaired) electrons. The third-order valence-corrected chi connectivity index (χ3v) is 6.19. The summed E-state index contributed by atoms with van der Waals surface area (Å²) in [5, 5.41) is 0.